The minimum absolute atomic E-state index is 0.0336. The molecule has 0 saturated carbocycles. The van der Waals surface area contributed by atoms with Gasteiger partial charge >= 0.3 is 5.97 Å². The van der Waals surface area contributed by atoms with Crippen LogP contribution in [0.5, 0.6) is 0 Å². The van der Waals surface area contributed by atoms with E-state index < -0.39 is 10.9 Å². The fourth-order valence-corrected chi connectivity index (χ4v) is 2.17. The number of non-ortho nitro benzene ring substituents is 1. The largest absolute Gasteiger partial charge is 0.478 e. The number of hydrogen-bond donors (Lipinski definition) is 1. The predicted molar refractivity (Wildman–Crippen MR) is 71.2 cm³/mol. The van der Waals surface area contributed by atoms with Crippen molar-refractivity contribution in [1.82, 2.24) is 0 Å². The first-order valence-corrected chi connectivity index (χ1v) is 5.92. The number of anilines is 1. The summed E-state index contributed by atoms with van der Waals surface area (Å²) in [6, 6.07) is 4.51. The van der Waals surface area contributed by atoms with E-state index in [1.54, 1.807) is 6.07 Å². The SMILES string of the molecule is CN1CCCC(C(=O)O)=Cc2cc([N+](=O)[O-])ccc21. The van der Waals surface area contributed by atoms with E-state index in [9.17, 15) is 14.9 Å². The van der Waals surface area contributed by atoms with Crippen molar-refractivity contribution in [3.05, 3.63) is 39.4 Å². The molecule has 6 heteroatoms. The Labute approximate surface area is 110 Å². The van der Waals surface area contributed by atoms with Crippen LogP contribution in [-0.2, 0) is 4.79 Å². The van der Waals surface area contributed by atoms with Crippen LogP contribution in [0, 0.1) is 10.1 Å². The number of rotatable bonds is 2. The highest BCUT2D eigenvalue weighted by Crippen LogP contribution is 2.29. The maximum atomic E-state index is 11.1. The zero-order valence-electron chi connectivity index (χ0n) is 10.5. The van der Waals surface area contributed by atoms with Crippen LogP contribution in [0.3, 0.4) is 0 Å². The summed E-state index contributed by atoms with van der Waals surface area (Å²) < 4.78 is 0. The number of benzene rings is 1. The number of carbonyl (C=O) groups is 1. The van der Waals surface area contributed by atoms with Crippen LogP contribution in [0.15, 0.2) is 23.8 Å². The maximum absolute atomic E-state index is 11.1. The molecule has 6 nitrogen and oxygen atoms in total. The second-order valence-corrected chi connectivity index (χ2v) is 4.50. The summed E-state index contributed by atoms with van der Waals surface area (Å²) in [5.74, 6) is -0.970. The van der Waals surface area contributed by atoms with Gasteiger partial charge < -0.3 is 10.0 Å². The maximum Gasteiger partial charge on any atom is 0.331 e. The van der Waals surface area contributed by atoms with Crippen LogP contribution in [0.2, 0.25) is 0 Å². The monoisotopic (exact) mass is 262 g/mol. The molecule has 0 unspecified atom stereocenters. The molecule has 0 amide bonds. The Kier molecular flexibility index (Phi) is 3.50. The second-order valence-electron chi connectivity index (χ2n) is 4.50. The molecule has 100 valence electrons. The van der Waals surface area contributed by atoms with E-state index in [1.165, 1.54) is 18.2 Å². The molecule has 2 rings (SSSR count). The minimum Gasteiger partial charge on any atom is -0.478 e. The highest BCUT2D eigenvalue weighted by Gasteiger charge is 2.17. The molecule has 0 atom stereocenters. The fourth-order valence-electron chi connectivity index (χ4n) is 2.17. The second kappa shape index (κ2) is 5.09. The van der Waals surface area contributed by atoms with Crippen molar-refractivity contribution in [2.75, 3.05) is 18.5 Å². The number of hydrogen-bond acceptors (Lipinski definition) is 4. The normalized spacial score (nSPS) is 15.0. The average molecular weight is 262 g/mol. The van der Waals surface area contributed by atoms with E-state index in [4.69, 9.17) is 5.11 Å². The molecule has 0 aromatic heterocycles. The van der Waals surface area contributed by atoms with Crippen molar-refractivity contribution in [3.63, 3.8) is 0 Å². The zero-order chi connectivity index (χ0) is 14.0. The highest BCUT2D eigenvalue weighted by atomic mass is 16.6. The minimum atomic E-state index is -0.970. The summed E-state index contributed by atoms with van der Waals surface area (Å²) in [6.45, 7) is 0.718. The molecular weight excluding hydrogens is 248 g/mol. The van der Waals surface area contributed by atoms with Gasteiger partial charge in [-0.1, -0.05) is 0 Å². The molecular formula is C13H14N2O4. The van der Waals surface area contributed by atoms with Crippen LogP contribution in [0.25, 0.3) is 6.08 Å². The molecule has 1 aliphatic rings. The number of nitro benzene ring substituents is 1. The van der Waals surface area contributed by atoms with E-state index in [0.29, 0.717) is 12.0 Å². The first-order valence-electron chi connectivity index (χ1n) is 5.92. The number of fused-ring (bicyclic) bond motifs is 1. The van der Waals surface area contributed by atoms with Crippen molar-refractivity contribution in [2.24, 2.45) is 0 Å². The van der Waals surface area contributed by atoms with Gasteiger partial charge in [-0.3, -0.25) is 10.1 Å². The molecule has 0 aliphatic carbocycles. The quantitative estimate of drug-likeness (QED) is 0.653. The summed E-state index contributed by atoms with van der Waals surface area (Å²) in [7, 11) is 1.89. The zero-order valence-corrected chi connectivity index (χ0v) is 10.5. The first kappa shape index (κ1) is 13.1. The standard InChI is InChI=1S/C13H14N2O4/c1-14-6-2-3-9(13(16)17)7-10-8-11(15(18)19)4-5-12(10)14/h4-5,7-8H,2-3,6H2,1H3,(H,16,17). The number of carboxylic acids is 1. The third kappa shape index (κ3) is 2.73. The van der Waals surface area contributed by atoms with E-state index in [-0.39, 0.29) is 11.3 Å². The van der Waals surface area contributed by atoms with Gasteiger partial charge in [0.15, 0.2) is 0 Å². The Balaban J connectivity index is 2.57. The van der Waals surface area contributed by atoms with Crippen molar-refractivity contribution in [3.8, 4) is 0 Å². The van der Waals surface area contributed by atoms with Gasteiger partial charge in [-0.25, -0.2) is 4.79 Å². The summed E-state index contributed by atoms with van der Waals surface area (Å²) >= 11 is 0. The van der Waals surface area contributed by atoms with Gasteiger partial charge in [0.2, 0.25) is 0 Å². The Bertz CT molecular complexity index is 566. The van der Waals surface area contributed by atoms with Gasteiger partial charge in [-0.2, -0.15) is 0 Å². The third-order valence-corrected chi connectivity index (χ3v) is 3.18. The van der Waals surface area contributed by atoms with Gasteiger partial charge in [-0.15, -0.1) is 0 Å². The van der Waals surface area contributed by atoms with E-state index in [0.717, 1.165) is 18.7 Å². The summed E-state index contributed by atoms with van der Waals surface area (Å²) in [5, 5.41) is 19.9. The first-order chi connectivity index (χ1) is 8.99. The Hall–Kier alpha value is -2.37. The Morgan fingerprint density at radius 3 is 2.84 bits per heavy atom. The number of aliphatic carboxylic acids is 1. The summed E-state index contributed by atoms with van der Waals surface area (Å²) in [6.07, 6.45) is 2.73. The molecule has 1 aromatic rings. The van der Waals surface area contributed by atoms with Gasteiger partial charge in [0, 0.05) is 42.5 Å². The van der Waals surface area contributed by atoms with Gasteiger partial charge in [0.1, 0.15) is 0 Å². The topological polar surface area (TPSA) is 83.7 Å². The highest BCUT2D eigenvalue weighted by molar-refractivity contribution is 5.93. The van der Waals surface area contributed by atoms with Crippen molar-refractivity contribution >= 4 is 23.4 Å². The summed E-state index contributed by atoms with van der Waals surface area (Å²) in [4.78, 5) is 23.4. The molecule has 0 fully saturated rings. The molecule has 1 N–H and O–H groups in total. The predicted octanol–water partition coefficient (Wildman–Crippen LogP) is 2.29. The lowest BCUT2D eigenvalue weighted by atomic mass is 10.0. The van der Waals surface area contributed by atoms with Crippen LogP contribution in [0.4, 0.5) is 11.4 Å². The number of nitrogens with zero attached hydrogens (tertiary/aromatic N) is 2. The lowest BCUT2D eigenvalue weighted by Gasteiger charge is -2.23. The van der Waals surface area contributed by atoms with Crippen molar-refractivity contribution in [2.45, 2.75) is 12.8 Å². The number of carboxylic acid groups (broad SMARTS) is 1. The molecule has 1 aromatic carbocycles. The fraction of sp³-hybridized carbons (Fsp3) is 0.308. The molecule has 19 heavy (non-hydrogen) atoms. The van der Waals surface area contributed by atoms with Gasteiger partial charge in [-0.05, 0) is 25.0 Å². The Morgan fingerprint density at radius 2 is 2.21 bits per heavy atom. The third-order valence-electron chi connectivity index (χ3n) is 3.18. The van der Waals surface area contributed by atoms with Crippen LogP contribution >= 0.6 is 0 Å². The summed E-state index contributed by atoms with van der Waals surface area (Å²) in [5.41, 5.74) is 1.64. The van der Waals surface area contributed by atoms with Crippen molar-refractivity contribution < 1.29 is 14.8 Å². The van der Waals surface area contributed by atoms with Gasteiger partial charge in [0.25, 0.3) is 5.69 Å². The molecule has 0 saturated heterocycles. The van der Waals surface area contributed by atoms with Gasteiger partial charge in [0.05, 0.1) is 4.92 Å². The molecule has 0 radical (unpaired) electrons. The Morgan fingerprint density at radius 1 is 1.47 bits per heavy atom. The lowest BCUT2D eigenvalue weighted by Crippen LogP contribution is -2.21. The molecule has 1 heterocycles. The average Bonchev–Trinajstić information content (AvgIpc) is 2.34. The van der Waals surface area contributed by atoms with E-state index in [1.807, 2.05) is 11.9 Å². The van der Waals surface area contributed by atoms with E-state index in [2.05, 4.69) is 0 Å². The van der Waals surface area contributed by atoms with Crippen LogP contribution < -0.4 is 4.90 Å². The molecule has 0 bridgehead atoms. The lowest BCUT2D eigenvalue weighted by molar-refractivity contribution is -0.384. The van der Waals surface area contributed by atoms with Crippen molar-refractivity contribution in [1.29, 1.82) is 0 Å². The smallest absolute Gasteiger partial charge is 0.331 e. The molecule has 1 aliphatic heterocycles. The van der Waals surface area contributed by atoms with Crippen LogP contribution in [-0.4, -0.2) is 29.6 Å². The molecule has 0 spiro atoms. The van der Waals surface area contributed by atoms with Crippen LogP contribution in [0.1, 0.15) is 18.4 Å². The number of nitro groups is 1. The van der Waals surface area contributed by atoms with E-state index >= 15 is 0 Å².